The van der Waals surface area contributed by atoms with Gasteiger partial charge in [0.15, 0.2) is 0 Å². The molecule has 1 aliphatic rings. The van der Waals surface area contributed by atoms with Crippen LogP contribution in [0.4, 0.5) is 10.5 Å². The van der Waals surface area contributed by atoms with E-state index in [4.69, 9.17) is 9.47 Å². The SMILES string of the molecule is COc1ccc(OC)c(/C=C2\SC(=O)N(CNc3ccc(Br)cc3C)C2=O)c1. The van der Waals surface area contributed by atoms with Gasteiger partial charge >= 0.3 is 0 Å². The number of hydrogen-bond acceptors (Lipinski definition) is 6. The normalized spacial score (nSPS) is 15.3. The van der Waals surface area contributed by atoms with Gasteiger partial charge in [-0.1, -0.05) is 15.9 Å². The van der Waals surface area contributed by atoms with Crippen molar-refractivity contribution in [3.05, 3.63) is 56.9 Å². The van der Waals surface area contributed by atoms with Crippen molar-refractivity contribution < 1.29 is 19.1 Å². The van der Waals surface area contributed by atoms with E-state index in [1.807, 2.05) is 25.1 Å². The zero-order chi connectivity index (χ0) is 20.3. The fourth-order valence-corrected chi connectivity index (χ4v) is 4.02. The number of benzene rings is 2. The molecule has 0 bridgehead atoms. The molecule has 28 heavy (non-hydrogen) atoms. The maximum atomic E-state index is 12.7. The molecule has 0 aliphatic carbocycles. The number of carbonyl (C=O) groups excluding carboxylic acids is 2. The van der Waals surface area contributed by atoms with Crippen molar-refractivity contribution in [2.24, 2.45) is 0 Å². The number of hydrogen-bond donors (Lipinski definition) is 1. The van der Waals surface area contributed by atoms with Crippen LogP contribution in [-0.4, -0.2) is 36.9 Å². The highest BCUT2D eigenvalue weighted by Crippen LogP contribution is 2.35. The van der Waals surface area contributed by atoms with Crippen molar-refractivity contribution >= 4 is 50.6 Å². The highest BCUT2D eigenvalue weighted by molar-refractivity contribution is 9.10. The van der Waals surface area contributed by atoms with Gasteiger partial charge in [0, 0.05) is 15.7 Å². The largest absolute Gasteiger partial charge is 0.497 e. The molecule has 6 nitrogen and oxygen atoms in total. The molecule has 1 fully saturated rings. The fourth-order valence-electron chi connectivity index (χ4n) is 2.72. The first-order valence-electron chi connectivity index (χ1n) is 8.40. The first-order chi connectivity index (χ1) is 13.4. The van der Waals surface area contributed by atoms with Gasteiger partial charge in [-0.25, -0.2) is 0 Å². The molecule has 0 radical (unpaired) electrons. The van der Waals surface area contributed by atoms with Crippen LogP contribution in [0.3, 0.4) is 0 Å². The van der Waals surface area contributed by atoms with Crippen molar-refractivity contribution in [2.45, 2.75) is 6.92 Å². The van der Waals surface area contributed by atoms with E-state index in [1.165, 1.54) is 4.90 Å². The molecule has 0 atom stereocenters. The lowest BCUT2D eigenvalue weighted by Gasteiger charge is -2.16. The minimum absolute atomic E-state index is 0.0969. The molecule has 146 valence electrons. The number of nitrogens with zero attached hydrogens (tertiary/aromatic N) is 1. The van der Waals surface area contributed by atoms with Crippen LogP contribution in [0.15, 0.2) is 45.8 Å². The second-order valence-electron chi connectivity index (χ2n) is 6.01. The lowest BCUT2D eigenvalue weighted by molar-refractivity contribution is -0.122. The molecule has 3 rings (SSSR count). The quantitative estimate of drug-likeness (QED) is 0.616. The molecule has 2 aromatic carbocycles. The van der Waals surface area contributed by atoms with Gasteiger partial charge in [0.05, 0.1) is 25.8 Å². The first kappa shape index (κ1) is 20.3. The highest BCUT2D eigenvalue weighted by atomic mass is 79.9. The number of anilines is 1. The summed E-state index contributed by atoms with van der Waals surface area (Å²) in [6, 6.07) is 11.0. The Hall–Kier alpha value is -2.45. The highest BCUT2D eigenvalue weighted by Gasteiger charge is 2.35. The third-order valence-corrected chi connectivity index (χ3v) is 5.61. The third kappa shape index (κ3) is 4.34. The Morgan fingerprint density at radius 2 is 1.93 bits per heavy atom. The minimum Gasteiger partial charge on any atom is -0.497 e. The molecule has 2 amide bonds. The van der Waals surface area contributed by atoms with E-state index in [-0.39, 0.29) is 17.8 Å². The molecule has 1 heterocycles. The molecule has 0 aromatic heterocycles. The summed E-state index contributed by atoms with van der Waals surface area (Å²) in [7, 11) is 3.12. The average molecular weight is 463 g/mol. The van der Waals surface area contributed by atoms with Gasteiger partial charge in [0.2, 0.25) is 0 Å². The van der Waals surface area contributed by atoms with Gasteiger partial charge in [-0.2, -0.15) is 0 Å². The van der Waals surface area contributed by atoms with Gasteiger partial charge in [0.25, 0.3) is 11.1 Å². The van der Waals surface area contributed by atoms with Crippen molar-refractivity contribution in [3.63, 3.8) is 0 Å². The summed E-state index contributed by atoms with van der Waals surface area (Å²) < 4.78 is 11.5. The van der Waals surface area contributed by atoms with Gasteiger partial charge in [-0.05, 0) is 66.7 Å². The summed E-state index contributed by atoms with van der Waals surface area (Å²) in [5.74, 6) is 0.886. The molecule has 0 spiro atoms. The van der Waals surface area contributed by atoms with Crippen molar-refractivity contribution in [1.29, 1.82) is 0 Å². The van der Waals surface area contributed by atoms with E-state index in [0.717, 1.165) is 27.5 Å². The second kappa shape index (κ2) is 8.70. The zero-order valence-corrected chi connectivity index (χ0v) is 18.0. The topological polar surface area (TPSA) is 67.9 Å². The standard InChI is InChI=1S/C20H19BrN2O4S/c1-12-8-14(21)4-6-16(12)22-11-23-19(24)18(28-20(23)25)10-13-9-15(26-2)5-7-17(13)27-3/h4-10,22H,11H2,1-3H3/b18-10-. The van der Waals surface area contributed by atoms with E-state index in [1.54, 1.807) is 38.5 Å². The Morgan fingerprint density at radius 1 is 1.14 bits per heavy atom. The lowest BCUT2D eigenvalue weighted by atomic mass is 10.1. The smallest absolute Gasteiger partial charge is 0.295 e. The van der Waals surface area contributed by atoms with Gasteiger partial charge in [-0.15, -0.1) is 0 Å². The van der Waals surface area contributed by atoms with Crippen LogP contribution in [0, 0.1) is 6.92 Å². The maximum Gasteiger partial charge on any atom is 0.295 e. The van der Waals surface area contributed by atoms with Crippen LogP contribution in [0.5, 0.6) is 11.5 Å². The molecule has 0 saturated carbocycles. The number of methoxy groups -OCH3 is 2. The van der Waals surface area contributed by atoms with Crippen LogP contribution in [-0.2, 0) is 4.79 Å². The van der Waals surface area contributed by atoms with Crippen LogP contribution in [0.2, 0.25) is 0 Å². The van der Waals surface area contributed by atoms with Crippen LogP contribution < -0.4 is 14.8 Å². The van der Waals surface area contributed by atoms with E-state index in [9.17, 15) is 9.59 Å². The second-order valence-corrected chi connectivity index (χ2v) is 7.92. The Bertz CT molecular complexity index is 961. The lowest BCUT2D eigenvalue weighted by Crippen LogP contribution is -2.33. The van der Waals surface area contributed by atoms with Crippen molar-refractivity contribution in [1.82, 2.24) is 4.90 Å². The first-order valence-corrected chi connectivity index (χ1v) is 10.0. The van der Waals surface area contributed by atoms with Crippen LogP contribution in [0.1, 0.15) is 11.1 Å². The number of ether oxygens (including phenoxy) is 2. The number of amides is 2. The summed E-state index contributed by atoms with van der Waals surface area (Å²) in [6.07, 6.45) is 1.65. The van der Waals surface area contributed by atoms with Crippen LogP contribution in [0.25, 0.3) is 6.08 Å². The summed E-state index contributed by atoms with van der Waals surface area (Å²) in [5.41, 5.74) is 2.54. The molecular formula is C20H19BrN2O4S. The van der Waals surface area contributed by atoms with E-state index < -0.39 is 0 Å². The minimum atomic E-state index is -0.345. The molecular weight excluding hydrogens is 444 g/mol. The molecule has 0 unspecified atom stereocenters. The molecule has 1 saturated heterocycles. The fraction of sp³-hybridized carbons (Fsp3) is 0.200. The van der Waals surface area contributed by atoms with Gasteiger partial charge in [-0.3, -0.25) is 14.5 Å². The van der Waals surface area contributed by atoms with E-state index >= 15 is 0 Å². The summed E-state index contributed by atoms with van der Waals surface area (Å²) in [6.45, 7) is 2.05. The maximum absolute atomic E-state index is 12.7. The average Bonchev–Trinajstić information content (AvgIpc) is 2.94. The third-order valence-electron chi connectivity index (χ3n) is 4.21. The van der Waals surface area contributed by atoms with E-state index in [0.29, 0.717) is 22.0 Å². The predicted molar refractivity (Wildman–Crippen MR) is 115 cm³/mol. The number of nitrogens with one attached hydrogen (secondary N) is 1. The number of halogens is 1. The molecule has 1 N–H and O–H groups in total. The Kier molecular flexibility index (Phi) is 6.31. The predicted octanol–water partition coefficient (Wildman–Crippen LogP) is 4.88. The Labute approximate surface area is 176 Å². The van der Waals surface area contributed by atoms with Crippen LogP contribution >= 0.6 is 27.7 Å². The summed E-state index contributed by atoms with van der Waals surface area (Å²) >= 11 is 4.32. The number of aryl methyl sites for hydroxylation is 1. The molecule has 8 heteroatoms. The number of imide groups is 1. The summed E-state index contributed by atoms with van der Waals surface area (Å²) in [4.78, 5) is 26.6. The molecule has 1 aliphatic heterocycles. The van der Waals surface area contributed by atoms with Crippen molar-refractivity contribution in [3.8, 4) is 11.5 Å². The monoisotopic (exact) mass is 462 g/mol. The van der Waals surface area contributed by atoms with E-state index in [2.05, 4.69) is 21.2 Å². The number of rotatable bonds is 6. The van der Waals surface area contributed by atoms with Gasteiger partial charge < -0.3 is 14.8 Å². The number of thioether (sulfide) groups is 1. The zero-order valence-electron chi connectivity index (χ0n) is 15.6. The Balaban J connectivity index is 1.79. The summed E-state index contributed by atoms with van der Waals surface area (Å²) in [5, 5.41) is 2.83. The van der Waals surface area contributed by atoms with Gasteiger partial charge in [0.1, 0.15) is 11.5 Å². The number of carbonyl (C=O) groups is 2. The Morgan fingerprint density at radius 3 is 2.61 bits per heavy atom. The van der Waals surface area contributed by atoms with Crippen molar-refractivity contribution in [2.75, 3.05) is 26.2 Å². The molecule has 2 aromatic rings.